The molecule has 4 heteroatoms. The summed E-state index contributed by atoms with van der Waals surface area (Å²) in [6.45, 7) is 2.51. The molecule has 2 nitrogen and oxygen atoms in total. The molecule has 11 heavy (non-hydrogen) atoms. The summed E-state index contributed by atoms with van der Waals surface area (Å²) in [4.78, 5) is 0. The Morgan fingerprint density at radius 1 is 1.64 bits per heavy atom. The fourth-order valence-corrected chi connectivity index (χ4v) is 1.47. The Labute approximate surface area is 77.2 Å². The molecule has 0 heterocycles. The van der Waals surface area contributed by atoms with Gasteiger partial charge in [0.1, 0.15) is 4.33 Å². The van der Waals surface area contributed by atoms with Crippen LogP contribution in [0.2, 0.25) is 0 Å². The highest BCUT2D eigenvalue weighted by molar-refractivity contribution is 6.50. The summed E-state index contributed by atoms with van der Waals surface area (Å²) >= 11 is 11.6. The van der Waals surface area contributed by atoms with Crippen LogP contribution in [0.5, 0.6) is 0 Å². The maximum atomic E-state index is 5.81. The van der Waals surface area contributed by atoms with E-state index in [1.165, 1.54) is 0 Å². The molecule has 0 spiro atoms. The molecule has 0 bridgehead atoms. The summed E-state index contributed by atoms with van der Waals surface area (Å²) in [5.41, 5.74) is 0. The van der Waals surface area contributed by atoms with Gasteiger partial charge in [-0.25, -0.2) is 0 Å². The Bertz CT molecular complexity index is 130. The van der Waals surface area contributed by atoms with Crippen LogP contribution in [0.15, 0.2) is 0 Å². The number of nitrogens with one attached hydrogen (secondary N) is 1. The van der Waals surface area contributed by atoms with E-state index in [2.05, 4.69) is 5.32 Å². The normalized spacial score (nSPS) is 27.0. The van der Waals surface area contributed by atoms with Crippen LogP contribution in [0.25, 0.3) is 0 Å². The lowest BCUT2D eigenvalue weighted by Crippen LogP contribution is -2.22. The van der Waals surface area contributed by atoms with E-state index >= 15 is 0 Å². The topological polar surface area (TPSA) is 21.3 Å². The predicted molar refractivity (Wildman–Crippen MR) is 47.3 cm³/mol. The summed E-state index contributed by atoms with van der Waals surface area (Å²) < 4.78 is 4.42. The maximum absolute atomic E-state index is 5.81. The molecule has 66 valence electrons. The zero-order valence-electron chi connectivity index (χ0n) is 6.57. The van der Waals surface area contributed by atoms with Crippen molar-refractivity contribution in [3.05, 3.63) is 0 Å². The van der Waals surface area contributed by atoms with Crippen molar-refractivity contribution in [1.82, 2.24) is 5.32 Å². The summed E-state index contributed by atoms with van der Waals surface area (Å²) in [7, 11) is 1.69. The third-order valence-corrected chi connectivity index (χ3v) is 2.76. The number of hydrogen-bond acceptors (Lipinski definition) is 2. The highest BCUT2D eigenvalue weighted by Crippen LogP contribution is 2.52. The van der Waals surface area contributed by atoms with Gasteiger partial charge in [0.05, 0.1) is 6.61 Å². The van der Waals surface area contributed by atoms with E-state index in [1.54, 1.807) is 7.11 Å². The van der Waals surface area contributed by atoms with Gasteiger partial charge in [0.15, 0.2) is 0 Å². The first-order valence-corrected chi connectivity index (χ1v) is 4.50. The summed E-state index contributed by atoms with van der Waals surface area (Å²) in [6.07, 6.45) is 0.913. The van der Waals surface area contributed by atoms with Gasteiger partial charge in [-0.2, -0.15) is 0 Å². The number of ether oxygens (including phenoxy) is 1. The number of alkyl halides is 2. The minimum Gasteiger partial charge on any atom is -0.383 e. The second-order valence-electron chi connectivity index (χ2n) is 2.86. The van der Waals surface area contributed by atoms with E-state index < -0.39 is 4.33 Å². The van der Waals surface area contributed by atoms with Gasteiger partial charge in [-0.1, -0.05) is 0 Å². The Kier molecular flexibility index (Phi) is 3.44. The average molecular weight is 198 g/mol. The summed E-state index contributed by atoms with van der Waals surface area (Å²) in [6, 6.07) is 0. The lowest BCUT2D eigenvalue weighted by molar-refractivity contribution is 0.199. The average Bonchev–Trinajstić information content (AvgIpc) is 2.52. The Morgan fingerprint density at radius 2 is 2.27 bits per heavy atom. The lowest BCUT2D eigenvalue weighted by atomic mass is 10.4. The van der Waals surface area contributed by atoms with Crippen molar-refractivity contribution in [1.29, 1.82) is 0 Å². The highest BCUT2D eigenvalue weighted by atomic mass is 35.5. The molecule has 0 amide bonds. The van der Waals surface area contributed by atoms with Crippen molar-refractivity contribution in [3.8, 4) is 0 Å². The van der Waals surface area contributed by atoms with Crippen LogP contribution in [-0.4, -0.2) is 31.1 Å². The van der Waals surface area contributed by atoms with Gasteiger partial charge in [-0.15, -0.1) is 23.2 Å². The molecule has 1 atom stereocenters. The van der Waals surface area contributed by atoms with Crippen molar-refractivity contribution >= 4 is 23.2 Å². The van der Waals surface area contributed by atoms with E-state index in [0.717, 1.165) is 26.1 Å². The molecule has 1 N–H and O–H groups in total. The van der Waals surface area contributed by atoms with Crippen LogP contribution >= 0.6 is 23.2 Å². The fourth-order valence-electron chi connectivity index (χ4n) is 0.942. The number of halogens is 2. The molecule has 0 saturated heterocycles. The van der Waals surface area contributed by atoms with Crippen LogP contribution in [0.4, 0.5) is 0 Å². The van der Waals surface area contributed by atoms with Crippen LogP contribution in [0.1, 0.15) is 6.42 Å². The largest absolute Gasteiger partial charge is 0.383 e. The monoisotopic (exact) mass is 197 g/mol. The molecule has 0 aliphatic heterocycles. The van der Waals surface area contributed by atoms with Gasteiger partial charge in [0.2, 0.25) is 0 Å². The van der Waals surface area contributed by atoms with Crippen LogP contribution in [0.3, 0.4) is 0 Å². The quantitative estimate of drug-likeness (QED) is 0.532. The van der Waals surface area contributed by atoms with Gasteiger partial charge in [0, 0.05) is 26.1 Å². The van der Waals surface area contributed by atoms with E-state index in [4.69, 9.17) is 27.9 Å². The minimum atomic E-state index is -0.444. The van der Waals surface area contributed by atoms with E-state index in [1.807, 2.05) is 0 Å². The molecule has 0 aromatic heterocycles. The number of methoxy groups -OCH3 is 1. The van der Waals surface area contributed by atoms with Gasteiger partial charge in [0.25, 0.3) is 0 Å². The Morgan fingerprint density at radius 3 is 2.73 bits per heavy atom. The molecule has 1 fully saturated rings. The fraction of sp³-hybridized carbons (Fsp3) is 1.00. The van der Waals surface area contributed by atoms with E-state index in [9.17, 15) is 0 Å². The molecule has 1 rings (SSSR count). The first-order valence-electron chi connectivity index (χ1n) is 3.74. The van der Waals surface area contributed by atoms with Gasteiger partial charge < -0.3 is 10.1 Å². The molecule has 0 radical (unpaired) electrons. The highest BCUT2D eigenvalue weighted by Gasteiger charge is 2.50. The molecule has 1 aliphatic rings. The van der Waals surface area contributed by atoms with Crippen molar-refractivity contribution in [2.75, 3.05) is 26.8 Å². The SMILES string of the molecule is COCCNCC1CC1(Cl)Cl. The molecule has 1 saturated carbocycles. The zero-order valence-corrected chi connectivity index (χ0v) is 8.08. The molecule has 0 aromatic carbocycles. The molecule has 0 aromatic rings. The third-order valence-electron chi connectivity index (χ3n) is 1.83. The minimum absolute atomic E-state index is 0.433. The van der Waals surface area contributed by atoms with Crippen LogP contribution in [0, 0.1) is 5.92 Å². The summed E-state index contributed by atoms with van der Waals surface area (Å²) in [5, 5.41) is 3.21. The van der Waals surface area contributed by atoms with Crippen molar-refractivity contribution < 1.29 is 4.74 Å². The van der Waals surface area contributed by atoms with Crippen molar-refractivity contribution in [2.45, 2.75) is 10.8 Å². The zero-order chi connectivity index (χ0) is 8.32. The second kappa shape index (κ2) is 3.94. The van der Waals surface area contributed by atoms with Crippen LogP contribution in [-0.2, 0) is 4.74 Å². The van der Waals surface area contributed by atoms with E-state index in [-0.39, 0.29) is 0 Å². The van der Waals surface area contributed by atoms with Gasteiger partial charge in [-0.3, -0.25) is 0 Å². The first-order chi connectivity index (χ1) is 5.17. The van der Waals surface area contributed by atoms with Crippen molar-refractivity contribution in [3.63, 3.8) is 0 Å². The maximum Gasteiger partial charge on any atom is 0.122 e. The van der Waals surface area contributed by atoms with Gasteiger partial charge >= 0.3 is 0 Å². The molecular formula is C7H13Cl2NO. The molecule has 1 unspecified atom stereocenters. The first kappa shape index (κ1) is 9.59. The van der Waals surface area contributed by atoms with E-state index in [0.29, 0.717) is 5.92 Å². The predicted octanol–water partition coefficient (Wildman–Crippen LogP) is 1.42. The molecular weight excluding hydrogens is 185 g/mol. The van der Waals surface area contributed by atoms with Crippen LogP contribution < -0.4 is 5.32 Å². The summed E-state index contributed by atoms with van der Waals surface area (Å²) in [5.74, 6) is 0.433. The standard InChI is InChI=1S/C7H13Cl2NO/c1-11-3-2-10-5-6-4-7(6,8)9/h6,10H,2-5H2,1H3. The third kappa shape index (κ3) is 3.16. The smallest absolute Gasteiger partial charge is 0.122 e. The number of hydrogen-bond donors (Lipinski definition) is 1. The molecule has 1 aliphatic carbocycles. The Hall–Kier alpha value is 0.500. The lowest BCUT2D eigenvalue weighted by Gasteiger charge is -2.02. The Balaban J connectivity index is 1.90. The van der Waals surface area contributed by atoms with Gasteiger partial charge in [-0.05, 0) is 6.42 Å². The second-order valence-corrected chi connectivity index (χ2v) is 4.40. The number of rotatable bonds is 5. The van der Waals surface area contributed by atoms with Crippen molar-refractivity contribution in [2.24, 2.45) is 5.92 Å².